The van der Waals surface area contributed by atoms with Gasteiger partial charge in [0.2, 0.25) is 0 Å². The first-order valence-corrected chi connectivity index (χ1v) is 12.2. The third-order valence-corrected chi connectivity index (χ3v) is 6.44. The molecular weight excluding hydrogens is 464 g/mol. The van der Waals surface area contributed by atoms with Gasteiger partial charge in [0.15, 0.2) is 5.78 Å². The minimum atomic E-state index is -0.790. The summed E-state index contributed by atoms with van der Waals surface area (Å²) in [6, 6.07) is 12.9. The number of anilines is 1. The van der Waals surface area contributed by atoms with Crippen molar-refractivity contribution >= 4 is 35.2 Å². The molecule has 8 nitrogen and oxygen atoms in total. The van der Waals surface area contributed by atoms with Crippen LogP contribution in [0.3, 0.4) is 0 Å². The maximum absolute atomic E-state index is 13.5. The number of carbonyl (C=O) groups is 3. The normalized spacial score (nSPS) is 17.6. The lowest BCUT2D eigenvalue weighted by Gasteiger charge is -2.28. The number of benzene rings is 1. The lowest BCUT2D eigenvalue weighted by Crippen LogP contribution is -2.49. The molecule has 180 valence electrons. The number of hydrogen-bond acceptors (Lipinski definition) is 8. The summed E-state index contributed by atoms with van der Waals surface area (Å²) in [7, 11) is 0. The topological polar surface area (TPSA) is 101 Å². The minimum absolute atomic E-state index is 0.113. The predicted molar refractivity (Wildman–Crippen MR) is 134 cm³/mol. The van der Waals surface area contributed by atoms with Gasteiger partial charge < -0.3 is 4.74 Å². The fraction of sp³-hybridized carbons (Fsp3) is 0.269. The summed E-state index contributed by atoms with van der Waals surface area (Å²) < 4.78 is 5.54. The van der Waals surface area contributed by atoms with Crippen LogP contribution in [0.2, 0.25) is 0 Å². The molecule has 0 saturated carbocycles. The summed E-state index contributed by atoms with van der Waals surface area (Å²) in [4.78, 5) is 48.6. The van der Waals surface area contributed by atoms with E-state index in [4.69, 9.17) is 4.74 Å². The monoisotopic (exact) mass is 490 g/mol. The van der Waals surface area contributed by atoms with Crippen LogP contribution in [0.15, 0.2) is 73.3 Å². The van der Waals surface area contributed by atoms with E-state index in [0.29, 0.717) is 22.6 Å². The summed E-state index contributed by atoms with van der Waals surface area (Å²) in [5.41, 5.74) is 1.36. The molecule has 0 spiro atoms. The molecule has 2 atom stereocenters. The van der Waals surface area contributed by atoms with Crippen molar-refractivity contribution in [2.75, 3.05) is 10.7 Å². The molecular formula is C26H26N4O4S. The number of nitrogens with one attached hydrogen (secondary N) is 1. The van der Waals surface area contributed by atoms with Crippen LogP contribution in [0, 0.1) is 0 Å². The van der Waals surface area contributed by atoms with Gasteiger partial charge in [0, 0.05) is 41.7 Å². The second-order valence-electron chi connectivity index (χ2n) is 8.99. The smallest absolute Gasteiger partial charge is 0.421 e. The van der Waals surface area contributed by atoms with Crippen LogP contribution in [0.4, 0.5) is 10.5 Å². The molecule has 2 aromatic heterocycles. The number of carbonyl (C=O) groups excluding carboxylic acids is 3. The summed E-state index contributed by atoms with van der Waals surface area (Å²) in [6.07, 6.45) is 5.76. The number of ketones is 1. The van der Waals surface area contributed by atoms with Crippen molar-refractivity contribution in [2.45, 2.75) is 37.8 Å². The Kier molecular flexibility index (Phi) is 7.28. The fourth-order valence-electron chi connectivity index (χ4n) is 3.55. The third kappa shape index (κ3) is 5.93. The van der Waals surface area contributed by atoms with E-state index in [1.165, 1.54) is 6.20 Å². The molecule has 1 saturated heterocycles. The molecule has 2 unspecified atom stereocenters. The molecule has 1 N–H and O–H groups in total. The summed E-state index contributed by atoms with van der Waals surface area (Å²) >= 11 is 1.57. The van der Waals surface area contributed by atoms with Crippen LogP contribution in [-0.2, 0) is 9.53 Å². The number of imide groups is 1. The van der Waals surface area contributed by atoms with Gasteiger partial charge in [-0.3, -0.25) is 24.9 Å². The number of hydrogen-bond donors (Lipinski definition) is 1. The lowest BCUT2D eigenvalue weighted by molar-refractivity contribution is -0.119. The number of nitrogens with zero attached hydrogens (tertiary/aromatic N) is 3. The largest absolute Gasteiger partial charge is 0.443 e. The molecule has 0 aliphatic carbocycles. The number of rotatable bonds is 5. The fourth-order valence-corrected chi connectivity index (χ4v) is 4.77. The Morgan fingerprint density at radius 2 is 1.66 bits per heavy atom. The summed E-state index contributed by atoms with van der Waals surface area (Å²) in [6.45, 7) is 5.22. The number of amides is 2. The Hall–Kier alpha value is -3.56. The first-order valence-electron chi connectivity index (χ1n) is 11.1. The van der Waals surface area contributed by atoms with Crippen molar-refractivity contribution in [3.8, 4) is 0 Å². The van der Waals surface area contributed by atoms with Gasteiger partial charge >= 0.3 is 6.09 Å². The highest BCUT2D eigenvalue weighted by atomic mass is 32.2. The van der Waals surface area contributed by atoms with E-state index in [0.717, 1.165) is 10.5 Å². The van der Waals surface area contributed by atoms with Crippen LogP contribution in [0.25, 0.3) is 0 Å². The maximum atomic E-state index is 13.5. The van der Waals surface area contributed by atoms with Gasteiger partial charge in [0.05, 0.1) is 17.1 Å². The number of pyridine rings is 2. The van der Waals surface area contributed by atoms with E-state index < -0.39 is 23.6 Å². The van der Waals surface area contributed by atoms with Crippen LogP contribution in [0.5, 0.6) is 0 Å². The van der Waals surface area contributed by atoms with Crippen LogP contribution in [-0.4, -0.2) is 45.1 Å². The van der Waals surface area contributed by atoms with Gasteiger partial charge in [-0.1, -0.05) is 6.07 Å². The van der Waals surface area contributed by atoms with Crippen LogP contribution in [0.1, 0.15) is 47.6 Å². The molecule has 1 aromatic carbocycles. The highest BCUT2D eigenvalue weighted by Crippen LogP contribution is 2.33. The molecule has 0 bridgehead atoms. The van der Waals surface area contributed by atoms with E-state index in [1.807, 2.05) is 12.1 Å². The molecule has 0 radical (unpaired) electrons. The lowest BCUT2D eigenvalue weighted by atomic mass is 10.0. The summed E-state index contributed by atoms with van der Waals surface area (Å²) in [5.74, 6) is -0.146. The van der Waals surface area contributed by atoms with Crippen molar-refractivity contribution in [1.29, 1.82) is 0 Å². The third-order valence-electron chi connectivity index (χ3n) is 5.18. The standard InChI is InChI=1S/C26H26N4O4S/c1-26(2,3)34-25(33)30(24(32)21-16-35-23(29-21)19-7-5-13-28-15-19)20-10-8-17(9-11-20)22(31)18-6-4-12-27-14-18/h4-15,21,23,29H,16H2,1-3H3. The van der Waals surface area contributed by atoms with E-state index in [9.17, 15) is 14.4 Å². The Morgan fingerprint density at radius 1 is 0.971 bits per heavy atom. The molecule has 9 heteroatoms. The first-order chi connectivity index (χ1) is 16.7. The molecule has 35 heavy (non-hydrogen) atoms. The maximum Gasteiger partial charge on any atom is 0.421 e. The van der Waals surface area contributed by atoms with Crippen LogP contribution < -0.4 is 10.2 Å². The second-order valence-corrected chi connectivity index (χ2v) is 10.1. The van der Waals surface area contributed by atoms with Gasteiger partial charge in [-0.15, -0.1) is 11.8 Å². The Labute approximate surface area is 208 Å². The molecule has 3 heterocycles. The zero-order valence-electron chi connectivity index (χ0n) is 19.7. The van der Waals surface area contributed by atoms with E-state index >= 15 is 0 Å². The van der Waals surface area contributed by atoms with E-state index in [1.54, 1.807) is 87.5 Å². The zero-order valence-corrected chi connectivity index (χ0v) is 20.5. The Morgan fingerprint density at radius 3 is 2.26 bits per heavy atom. The SMILES string of the molecule is CC(C)(C)OC(=O)N(C(=O)C1CSC(c2cccnc2)N1)c1ccc(C(=O)c2cccnc2)cc1. The average Bonchev–Trinajstić information content (AvgIpc) is 3.35. The summed E-state index contributed by atoms with van der Waals surface area (Å²) in [5, 5.41) is 3.18. The molecule has 1 aliphatic heterocycles. The second kappa shape index (κ2) is 10.4. The highest BCUT2D eigenvalue weighted by molar-refractivity contribution is 7.99. The number of ether oxygens (including phenoxy) is 1. The van der Waals surface area contributed by atoms with Gasteiger partial charge in [-0.2, -0.15) is 0 Å². The van der Waals surface area contributed by atoms with Crippen molar-refractivity contribution in [2.24, 2.45) is 0 Å². The molecule has 1 fully saturated rings. The van der Waals surface area contributed by atoms with Crippen molar-refractivity contribution in [3.63, 3.8) is 0 Å². The zero-order chi connectivity index (χ0) is 25.0. The van der Waals surface area contributed by atoms with Gasteiger partial charge in [0.1, 0.15) is 5.60 Å². The quantitative estimate of drug-likeness (QED) is 0.526. The highest BCUT2D eigenvalue weighted by Gasteiger charge is 2.38. The molecule has 1 aliphatic rings. The van der Waals surface area contributed by atoms with Gasteiger partial charge in [0.25, 0.3) is 5.91 Å². The number of thioether (sulfide) groups is 1. The van der Waals surface area contributed by atoms with Crippen molar-refractivity contribution < 1.29 is 19.1 Å². The van der Waals surface area contributed by atoms with Crippen LogP contribution >= 0.6 is 11.8 Å². The molecule has 2 amide bonds. The average molecular weight is 491 g/mol. The van der Waals surface area contributed by atoms with Crippen molar-refractivity contribution in [3.05, 3.63) is 90.0 Å². The Bertz CT molecular complexity index is 1200. The minimum Gasteiger partial charge on any atom is -0.443 e. The predicted octanol–water partition coefficient (Wildman–Crippen LogP) is 4.38. The van der Waals surface area contributed by atoms with E-state index in [2.05, 4.69) is 15.3 Å². The van der Waals surface area contributed by atoms with Gasteiger partial charge in [-0.25, -0.2) is 9.69 Å². The molecule has 3 aromatic rings. The number of aromatic nitrogens is 2. The molecule has 4 rings (SSSR count). The first kappa shape index (κ1) is 24.6. The Balaban J connectivity index is 1.58. The van der Waals surface area contributed by atoms with E-state index in [-0.39, 0.29) is 11.2 Å². The van der Waals surface area contributed by atoms with Gasteiger partial charge in [-0.05, 0) is 68.8 Å². The van der Waals surface area contributed by atoms with Crippen molar-refractivity contribution in [1.82, 2.24) is 15.3 Å².